The van der Waals surface area contributed by atoms with Crippen LogP contribution >= 0.6 is 12.2 Å². The van der Waals surface area contributed by atoms with E-state index in [1.807, 2.05) is 7.05 Å². The summed E-state index contributed by atoms with van der Waals surface area (Å²) in [6.07, 6.45) is -4.16. The molecule has 0 aliphatic carbocycles. The van der Waals surface area contributed by atoms with E-state index in [9.17, 15) is 22.4 Å². The number of carbonyl (C=O) groups excluding carboxylic acids is 1. The zero-order valence-electron chi connectivity index (χ0n) is 19.2. The number of alkyl halides is 3. The zero-order valence-corrected chi connectivity index (χ0v) is 20.0. The summed E-state index contributed by atoms with van der Waals surface area (Å²) < 4.78 is 61.2. The molecule has 2 aliphatic heterocycles. The Kier molecular flexibility index (Phi) is 6.23. The first kappa shape index (κ1) is 24.9. The van der Waals surface area contributed by atoms with Crippen molar-refractivity contribution in [2.45, 2.75) is 38.1 Å². The van der Waals surface area contributed by atoms with Gasteiger partial charge in [0, 0.05) is 24.8 Å². The number of thiocarbonyl (C=S) groups is 1. The van der Waals surface area contributed by atoms with E-state index in [4.69, 9.17) is 22.2 Å². The average Bonchev–Trinajstić information content (AvgIpc) is 3.26. The minimum absolute atomic E-state index is 0.0714. The first-order valence-electron chi connectivity index (χ1n) is 10.8. The van der Waals surface area contributed by atoms with Gasteiger partial charge in [0.05, 0.1) is 22.9 Å². The number of carbonyl (C=O) groups is 1. The SMILES string of the molecule is CN1CCC(Oc2ccc(N3C(=S)N(c4ccc(C#N)c(C(F)(F)F)c4)C(=O)C3(C)C)cc2F)C1. The average molecular weight is 507 g/mol. The second-order valence-corrected chi connectivity index (χ2v) is 9.43. The molecule has 0 N–H and O–H groups in total. The Morgan fingerprint density at radius 2 is 1.86 bits per heavy atom. The minimum atomic E-state index is -4.80. The van der Waals surface area contributed by atoms with E-state index < -0.39 is 34.6 Å². The van der Waals surface area contributed by atoms with Crippen molar-refractivity contribution in [3.63, 3.8) is 0 Å². The van der Waals surface area contributed by atoms with Gasteiger partial charge in [-0.2, -0.15) is 18.4 Å². The van der Waals surface area contributed by atoms with Crippen LogP contribution in [0.1, 0.15) is 31.4 Å². The lowest BCUT2D eigenvalue weighted by atomic mass is 10.0. The summed E-state index contributed by atoms with van der Waals surface area (Å²) >= 11 is 5.48. The summed E-state index contributed by atoms with van der Waals surface area (Å²) in [5, 5.41) is 8.95. The molecule has 2 aliphatic rings. The van der Waals surface area contributed by atoms with Gasteiger partial charge in [-0.15, -0.1) is 0 Å². The van der Waals surface area contributed by atoms with Gasteiger partial charge in [-0.05, 0) is 69.9 Å². The summed E-state index contributed by atoms with van der Waals surface area (Å²) in [4.78, 5) is 17.7. The van der Waals surface area contributed by atoms with E-state index in [0.29, 0.717) is 6.54 Å². The lowest BCUT2D eigenvalue weighted by Gasteiger charge is -2.29. The number of nitriles is 1. The third kappa shape index (κ3) is 4.44. The molecule has 0 aromatic heterocycles. The van der Waals surface area contributed by atoms with Crippen LogP contribution in [0.4, 0.5) is 28.9 Å². The number of rotatable bonds is 4. The zero-order chi connectivity index (χ0) is 25.7. The summed E-state index contributed by atoms with van der Waals surface area (Å²) in [6.45, 7) is 4.63. The fourth-order valence-corrected chi connectivity index (χ4v) is 4.88. The third-order valence-corrected chi connectivity index (χ3v) is 6.54. The molecule has 1 unspecified atom stereocenters. The number of anilines is 2. The van der Waals surface area contributed by atoms with E-state index in [-0.39, 0.29) is 28.3 Å². The highest BCUT2D eigenvalue weighted by atomic mass is 32.1. The minimum Gasteiger partial charge on any atom is -0.486 e. The van der Waals surface area contributed by atoms with Crippen molar-refractivity contribution in [1.29, 1.82) is 5.26 Å². The summed E-state index contributed by atoms with van der Waals surface area (Å²) in [6, 6.07) is 8.66. The molecule has 35 heavy (non-hydrogen) atoms. The highest BCUT2D eigenvalue weighted by molar-refractivity contribution is 7.81. The van der Waals surface area contributed by atoms with Gasteiger partial charge in [0.1, 0.15) is 11.6 Å². The maximum atomic E-state index is 15.0. The fraction of sp³-hybridized carbons (Fsp3) is 0.375. The Morgan fingerprint density at radius 3 is 2.43 bits per heavy atom. The molecule has 1 amide bonds. The maximum Gasteiger partial charge on any atom is 0.417 e. The van der Waals surface area contributed by atoms with Crippen LogP contribution in [0.5, 0.6) is 5.75 Å². The van der Waals surface area contributed by atoms with E-state index in [0.717, 1.165) is 30.0 Å². The van der Waals surface area contributed by atoms with Crippen LogP contribution in [0.15, 0.2) is 36.4 Å². The molecule has 2 fully saturated rings. The maximum absolute atomic E-state index is 15.0. The van der Waals surface area contributed by atoms with Crippen LogP contribution in [0, 0.1) is 17.1 Å². The Balaban J connectivity index is 1.67. The van der Waals surface area contributed by atoms with Gasteiger partial charge in [-0.1, -0.05) is 0 Å². The molecule has 6 nitrogen and oxygen atoms in total. The number of nitrogens with zero attached hydrogens (tertiary/aromatic N) is 4. The molecule has 11 heteroatoms. The van der Waals surface area contributed by atoms with Crippen LogP contribution in [0.2, 0.25) is 0 Å². The van der Waals surface area contributed by atoms with Crippen molar-refractivity contribution < 1.29 is 27.1 Å². The second kappa shape index (κ2) is 8.77. The van der Waals surface area contributed by atoms with Gasteiger partial charge in [0.2, 0.25) is 0 Å². The van der Waals surface area contributed by atoms with Crippen molar-refractivity contribution in [2.24, 2.45) is 0 Å². The van der Waals surface area contributed by atoms with E-state index in [1.54, 1.807) is 19.9 Å². The van der Waals surface area contributed by atoms with E-state index >= 15 is 0 Å². The summed E-state index contributed by atoms with van der Waals surface area (Å²) in [5.74, 6) is -1.16. The molecule has 0 radical (unpaired) electrons. The highest BCUT2D eigenvalue weighted by Gasteiger charge is 2.51. The molecule has 2 heterocycles. The molecular formula is C24H22F4N4O2S. The van der Waals surface area contributed by atoms with Crippen molar-refractivity contribution >= 4 is 34.6 Å². The standard InChI is InChI=1S/C24H22F4N4O2S/c1-23(2)21(33)31(15-5-4-14(12-29)18(10-15)24(26,27)28)22(35)32(23)16-6-7-20(19(25)11-16)34-17-8-9-30(3)13-17/h4-7,10-11,17H,8-9,13H2,1-3H3. The molecule has 184 valence electrons. The monoisotopic (exact) mass is 506 g/mol. The van der Waals surface area contributed by atoms with Crippen LogP contribution in [0.3, 0.4) is 0 Å². The molecule has 2 aromatic rings. The third-order valence-electron chi connectivity index (χ3n) is 6.17. The number of halogens is 4. The second-order valence-electron chi connectivity index (χ2n) is 9.06. The first-order valence-corrected chi connectivity index (χ1v) is 11.2. The Labute approximate surface area is 205 Å². The van der Waals surface area contributed by atoms with Crippen molar-refractivity contribution in [3.05, 3.63) is 53.3 Å². The van der Waals surface area contributed by atoms with Gasteiger partial charge in [-0.3, -0.25) is 9.69 Å². The predicted octanol–water partition coefficient (Wildman–Crippen LogP) is 4.72. The van der Waals surface area contributed by atoms with Gasteiger partial charge in [0.25, 0.3) is 5.91 Å². The molecule has 0 spiro atoms. The van der Waals surface area contributed by atoms with Gasteiger partial charge < -0.3 is 14.5 Å². The topological polar surface area (TPSA) is 59.8 Å². The largest absolute Gasteiger partial charge is 0.486 e. The number of amides is 1. The first-order chi connectivity index (χ1) is 16.3. The number of likely N-dealkylation sites (tertiary alicyclic amines) is 1. The lowest BCUT2D eigenvalue weighted by molar-refractivity contribution is -0.137. The van der Waals surface area contributed by atoms with Crippen LogP contribution in [-0.4, -0.2) is 47.7 Å². The van der Waals surface area contributed by atoms with Crippen LogP contribution in [-0.2, 0) is 11.0 Å². The van der Waals surface area contributed by atoms with Crippen molar-refractivity contribution in [2.75, 3.05) is 29.9 Å². The van der Waals surface area contributed by atoms with E-state index in [1.165, 1.54) is 29.2 Å². The number of benzene rings is 2. The fourth-order valence-electron chi connectivity index (χ4n) is 4.35. The highest BCUT2D eigenvalue weighted by Crippen LogP contribution is 2.40. The van der Waals surface area contributed by atoms with Gasteiger partial charge in [0.15, 0.2) is 16.7 Å². The lowest BCUT2D eigenvalue weighted by Crippen LogP contribution is -2.44. The predicted molar refractivity (Wildman–Crippen MR) is 126 cm³/mol. The van der Waals surface area contributed by atoms with Gasteiger partial charge in [-0.25, -0.2) is 4.39 Å². The van der Waals surface area contributed by atoms with Crippen LogP contribution in [0.25, 0.3) is 0 Å². The Hall–Kier alpha value is -3.23. The van der Waals surface area contributed by atoms with Crippen molar-refractivity contribution in [1.82, 2.24) is 4.90 Å². The molecule has 4 rings (SSSR count). The van der Waals surface area contributed by atoms with Crippen molar-refractivity contribution in [3.8, 4) is 11.8 Å². The number of hydrogen-bond acceptors (Lipinski definition) is 5. The number of likely N-dealkylation sites (N-methyl/N-ethyl adjacent to an activating group) is 1. The number of ether oxygens (including phenoxy) is 1. The van der Waals surface area contributed by atoms with Crippen LogP contribution < -0.4 is 14.5 Å². The summed E-state index contributed by atoms with van der Waals surface area (Å²) in [7, 11) is 1.95. The Morgan fingerprint density at radius 1 is 1.17 bits per heavy atom. The quantitative estimate of drug-likeness (QED) is 0.442. The summed E-state index contributed by atoms with van der Waals surface area (Å²) in [5.41, 5.74) is -2.93. The molecule has 1 atom stereocenters. The number of hydrogen-bond donors (Lipinski definition) is 0. The molecule has 2 aromatic carbocycles. The van der Waals surface area contributed by atoms with Gasteiger partial charge >= 0.3 is 6.18 Å². The molecular weight excluding hydrogens is 484 g/mol. The normalized spacial score (nSPS) is 20.5. The molecule has 0 bridgehead atoms. The molecule has 0 saturated carbocycles. The van der Waals surface area contributed by atoms with E-state index in [2.05, 4.69) is 4.90 Å². The Bertz CT molecular complexity index is 1240. The molecule has 2 saturated heterocycles. The smallest absolute Gasteiger partial charge is 0.417 e.